The van der Waals surface area contributed by atoms with Crippen molar-refractivity contribution in [1.82, 2.24) is 4.90 Å². The van der Waals surface area contributed by atoms with Gasteiger partial charge in [0.15, 0.2) is 0 Å². The van der Waals surface area contributed by atoms with Crippen LogP contribution in [0, 0.1) is 0 Å². The Hall–Kier alpha value is -1.26. The Labute approximate surface area is 118 Å². The van der Waals surface area contributed by atoms with Crippen LogP contribution in [-0.4, -0.2) is 42.1 Å². The Morgan fingerprint density at radius 1 is 1.32 bits per heavy atom. The van der Waals surface area contributed by atoms with Gasteiger partial charge in [0, 0.05) is 33.1 Å². The molecule has 0 aromatic heterocycles. The zero-order chi connectivity index (χ0) is 14.0. The van der Waals surface area contributed by atoms with E-state index in [0.29, 0.717) is 5.02 Å². The summed E-state index contributed by atoms with van der Waals surface area (Å²) in [4.78, 5) is 15.3. The summed E-state index contributed by atoms with van der Waals surface area (Å²) >= 11 is 6.27. The van der Waals surface area contributed by atoms with Crippen LogP contribution in [0.1, 0.15) is 25.5 Å². The molecule has 1 heterocycles. The standard InChI is InChI=1S/C14H19ClN2O2/c1-10(18)12-3-4-14(13(15)9-12)17-7-5-16(6-8-17)11(2)19/h3-4,9-10,18H,5-8H2,1-2H3/t10-/m0/s1. The molecule has 5 heteroatoms. The number of benzene rings is 1. The van der Waals surface area contributed by atoms with Crippen molar-refractivity contribution in [1.29, 1.82) is 0 Å². The van der Waals surface area contributed by atoms with Gasteiger partial charge in [-0.25, -0.2) is 0 Å². The van der Waals surface area contributed by atoms with Crippen LogP contribution in [0.3, 0.4) is 0 Å². The van der Waals surface area contributed by atoms with E-state index in [0.717, 1.165) is 37.4 Å². The Balaban J connectivity index is 2.09. The van der Waals surface area contributed by atoms with Crippen LogP contribution in [0.15, 0.2) is 18.2 Å². The highest BCUT2D eigenvalue weighted by Crippen LogP contribution is 2.29. The summed E-state index contributed by atoms with van der Waals surface area (Å²) in [5.74, 6) is 0.121. The van der Waals surface area contributed by atoms with E-state index >= 15 is 0 Å². The third kappa shape index (κ3) is 3.19. The van der Waals surface area contributed by atoms with E-state index < -0.39 is 6.10 Å². The average molecular weight is 283 g/mol. The molecule has 4 nitrogen and oxygen atoms in total. The quantitative estimate of drug-likeness (QED) is 0.903. The van der Waals surface area contributed by atoms with Gasteiger partial charge in [-0.1, -0.05) is 17.7 Å². The molecule has 1 atom stereocenters. The third-order valence-electron chi connectivity index (χ3n) is 3.52. The van der Waals surface area contributed by atoms with E-state index in [1.165, 1.54) is 0 Å². The van der Waals surface area contributed by atoms with E-state index in [2.05, 4.69) is 4.90 Å². The highest BCUT2D eigenvalue weighted by Gasteiger charge is 2.20. The molecule has 0 aliphatic carbocycles. The number of anilines is 1. The Bertz CT molecular complexity index is 469. The van der Waals surface area contributed by atoms with Gasteiger partial charge in [-0.15, -0.1) is 0 Å². The second-order valence-electron chi connectivity index (χ2n) is 4.88. The fourth-order valence-electron chi connectivity index (χ4n) is 2.30. The van der Waals surface area contributed by atoms with Gasteiger partial charge < -0.3 is 14.9 Å². The first kappa shape index (κ1) is 14.2. The molecule has 2 rings (SSSR count). The molecule has 0 saturated carbocycles. The number of hydrogen-bond donors (Lipinski definition) is 1. The van der Waals surface area contributed by atoms with Crippen LogP contribution >= 0.6 is 11.6 Å². The van der Waals surface area contributed by atoms with Crippen molar-refractivity contribution in [3.8, 4) is 0 Å². The van der Waals surface area contributed by atoms with Gasteiger partial charge in [-0.3, -0.25) is 4.79 Å². The van der Waals surface area contributed by atoms with E-state index in [-0.39, 0.29) is 5.91 Å². The van der Waals surface area contributed by atoms with Gasteiger partial charge in [0.1, 0.15) is 0 Å². The molecule has 1 N–H and O–H groups in total. The topological polar surface area (TPSA) is 43.8 Å². The van der Waals surface area contributed by atoms with Crippen LogP contribution in [0.25, 0.3) is 0 Å². The number of hydrogen-bond acceptors (Lipinski definition) is 3. The van der Waals surface area contributed by atoms with E-state index in [4.69, 9.17) is 11.6 Å². The van der Waals surface area contributed by atoms with Gasteiger partial charge in [0.05, 0.1) is 16.8 Å². The second-order valence-corrected chi connectivity index (χ2v) is 5.29. The number of nitrogens with zero attached hydrogens (tertiary/aromatic N) is 2. The lowest BCUT2D eigenvalue weighted by Gasteiger charge is -2.36. The normalized spacial score (nSPS) is 17.5. The molecule has 0 bridgehead atoms. The molecule has 1 fully saturated rings. The number of aliphatic hydroxyl groups is 1. The summed E-state index contributed by atoms with van der Waals surface area (Å²) in [6.07, 6.45) is -0.513. The summed E-state index contributed by atoms with van der Waals surface area (Å²) in [5, 5.41) is 10.2. The zero-order valence-corrected chi connectivity index (χ0v) is 12.0. The Morgan fingerprint density at radius 2 is 1.95 bits per heavy atom. The Morgan fingerprint density at radius 3 is 2.42 bits per heavy atom. The molecular weight excluding hydrogens is 264 g/mol. The molecular formula is C14H19ClN2O2. The molecule has 1 aromatic carbocycles. The molecule has 1 saturated heterocycles. The van der Waals surface area contributed by atoms with Gasteiger partial charge in [-0.05, 0) is 24.6 Å². The lowest BCUT2D eigenvalue weighted by molar-refractivity contribution is -0.129. The van der Waals surface area contributed by atoms with Crippen LogP contribution in [0.5, 0.6) is 0 Å². The van der Waals surface area contributed by atoms with E-state index in [9.17, 15) is 9.90 Å². The van der Waals surface area contributed by atoms with Crippen molar-refractivity contribution < 1.29 is 9.90 Å². The lowest BCUT2D eigenvalue weighted by Crippen LogP contribution is -2.48. The maximum Gasteiger partial charge on any atom is 0.219 e. The fourth-order valence-corrected chi connectivity index (χ4v) is 2.61. The fraction of sp³-hybridized carbons (Fsp3) is 0.500. The van der Waals surface area contributed by atoms with Crippen molar-refractivity contribution in [2.75, 3.05) is 31.1 Å². The molecule has 1 amide bonds. The summed E-state index contributed by atoms with van der Waals surface area (Å²) in [5.41, 5.74) is 1.78. The Kier molecular flexibility index (Phi) is 4.32. The monoisotopic (exact) mass is 282 g/mol. The molecule has 104 valence electrons. The van der Waals surface area contributed by atoms with Gasteiger partial charge in [-0.2, -0.15) is 0 Å². The van der Waals surface area contributed by atoms with Gasteiger partial charge >= 0.3 is 0 Å². The summed E-state index contributed by atoms with van der Waals surface area (Å²) in [6, 6.07) is 5.63. The van der Waals surface area contributed by atoms with Crippen molar-refractivity contribution in [3.63, 3.8) is 0 Å². The number of aliphatic hydroxyl groups excluding tert-OH is 1. The molecule has 1 aliphatic rings. The highest BCUT2D eigenvalue weighted by molar-refractivity contribution is 6.33. The number of carbonyl (C=O) groups is 1. The smallest absolute Gasteiger partial charge is 0.219 e. The van der Waals surface area contributed by atoms with Crippen LogP contribution in [0.4, 0.5) is 5.69 Å². The zero-order valence-electron chi connectivity index (χ0n) is 11.3. The van der Waals surface area contributed by atoms with Crippen molar-refractivity contribution >= 4 is 23.2 Å². The predicted octanol–water partition coefficient (Wildman–Crippen LogP) is 2.06. The van der Waals surface area contributed by atoms with Gasteiger partial charge in [0.2, 0.25) is 5.91 Å². The van der Waals surface area contributed by atoms with Crippen LogP contribution < -0.4 is 4.90 Å². The maximum atomic E-state index is 11.3. The minimum atomic E-state index is -0.513. The predicted molar refractivity (Wildman–Crippen MR) is 76.6 cm³/mol. The van der Waals surface area contributed by atoms with Crippen molar-refractivity contribution in [2.45, 2.75) is 20.0 Å². The molecule has 0 radical (unpaired) electrons. The number of carbonyl (C=O) groups excluding carboxylic acids is 1. The molecule has 19 heavy (non-hydrogen) atoms. The third-order valence-corrected chi connectivity index (χ3v) is 3.82. The SMILES string of the molecule is CC(=O)N1CCN(c2ccc([C@H](C)O)cc2Cl)CC1. The summed E-state index contributed by atoms with van der Waals surface area (Å²) < 4.78 is 0. The molecule has 0 unspecified atom stereocenters. The van der Waals surface area contributed by atoms with Gasteiger partial charge in [0.25, 0.3) is 0 Å². The van der Waals surface area contributed by atoms with Crippen LogP contribution in [-0.2, 0) is 4.79 Å². The lowest BCUT2D eigenvalue weighted by atomic mass is 10.1. The first-order valence-corrected chi connectivity index (χ1v) is 6.85. The van der Waals surface area contributed by atoms with Crippen molar-refractivity contribution in [3.05, 3.63) is 28.8 Å². The molecule has 1 aromatic rings. The average Bonchev–Trinajstić information content (AvgIpc) is 2.38. The number of rotatable bonds is 2. The van der Waals surface area contributed by atoms with E-state index in [1.807, 2.05) is 17.0 Å². The minimum Gasteiger partial charge on any atom is -0.389 e. The summed E-state index contributed by atoms with van der Waals surface area (Å²) in [7, 11) is 0. The maximum absolute atomic E-state index is 11.3. The highest BCUT2D eigenvalue weighted by atomic mass is 35.5. The van der Waals surface area contributed by atoms with Crippen LogP contribution in [0.2, 0.25) is 5.02 Å². The number of piperazine rings is 1. The van der Waals surface area contributed by atoms with E-state index in [1.54, 1.807) is 19.9 Å². The largest absolute Gasteiger partial charge is 0.389 e. The summed E-state index contributed by atoms with van der Waals surface area (Å²) in [6.45, 7) is 6.34. The first-order chi connectivity index (χ1) is 8.99. The molecule has 0 spiro atoms. The second kappa shape index (κ2) is 5.80. The number of amides is 1. The number of halogens is 1. The molecule has 1 aliphatic heterocycles. The minimum absolute atomic E-state index is 0.121. The first-order valence-electron chi connectivity index (χ1n) is 6.47. The van der Waals surface area contributed by atoms with Crippen molar-refractivity contribution in [2.24, 2.45) is 0 Å².